The number of halogens is 1. The van der Waals surface area contributed by atoms with Crippen LogP contribution in [0.5, 0.6) is 0 Å². The van der Waals surface area contributed by atoms with E-state index in [1.165, 1.54) is 17.8 Å². The van der Waals surface area contributed by atoms with Crippen molar-refractivity contribution in [3.8, 4) is 0 Å². The summed E-state index contributed by atoms with van der Waals surface area (Å²) in [5.74, 6) is -0.669. The average Bonchev–Trinajstić information content (AvgIpc) is 2.99. The van der Waals surface area contributed by atoms with E-state index in [9.17, 15) is 14.0 Å². The number of fused-ring (bicyclic) bond motifs is 1. The Morgan fingerprint density at radius 3 is 2.38 bits per heavy atom. The van der Waals surface area contributed by atoms with E-state index in [-0.39, 0.29) is 24.2 Å². The molecule has 202 valence electrons. The molecule has 40 heavy (non-hydrogen) atoms. The number of nitrogens with one attached hydrogen (secondary N) is 1. The van der Waals surface area contributed by atoms with Crippen molar-refractivity contribution in [1.82, 2.24) is 5.32 Å². The summed E-state index contributed by atoms with van der Waals surface area (Å²) in [5.41, 5.74) is 3.71. The summed E-state index contributed by atoms with van der Waals surface area (Å²) in [6.45, 7) is 4.31. The van der Waals surface area contributed by atoms with Crippen molar-refractivity contribution in [2.45, 2.75) is 18.4 Å². The molecule has 0 unspecified atom stereocenters. The molecule has 0 atom stereocenters. The zero-order chi connectivity index (χ0) is 27.9. The topological polar surface area (TPSA) is 52.7 Å². The second-order valence-corrected chi connectivity index (χ2v) is 10.4. The van der Waals surface area contributed by atoms with E-state index >= 15 is 0 Å². The Morgan fingerprint density at radius 2 is 1.62 bits per heavy atom. The molecule has 0 saturated carbocycles. The molecule has 4 aromatic rings. The van der Waals surface area contributed by atoms with E-state index < -0.39 is 0 Å². The van der Waals surface area contributed by atoms with Gasteiger partial charge in [-0.2, -0.15) is 0 Å². The van der Waals surface area contributed by atoms with Gasteiger partial charge >= 0.3 is 0 Å². The third-order valence-corrected chi connectivity index (χ3v) is 7.84. The first kappa shape index (κ1) is 27.2. The maximum Gasteiger partial charge on any atom is 0.265 e. The van der Waals surface area contributed by atoms with Crippen molar-refractivity contribution in [3.63, 3.8) is 0 Å². The molecular formula is C33H30FN3O2S. The molecule has 0 aromatic heterocycles. The monoisotopic (exact) mass is 551 g/mol. The number of para-hydroxylation sites is 2. The number of benzene rings is 4. The Kier molecular flexibility index (Phi) is 8.62. The van der Waals surface area contributed by atoms with Crippen molar-refractivity contribution in [1.29, 1.82) is 0 Å². The van der Waals surface area contributed by atoms with Gasteiger partial charge in [0.05, 0.1) is 17.1 Å². The van der Waals surface area contributed by atoms with Crippen LogP contribution in [0.25, 0.3) is 6.08 Å². The second-order valence-electron chi connectivity index (χ2n) is 9.35. The number of carbonyl (C=O) groups excluding carboxylic acids is 2. The highest BCUT2D eigenvalue weighted by Gasteiger charge is 2.29. The lowest BCUT2D eigenvalue weighted by molar-refractivity contribution is -0.114. The minimum Gasteiger partial charge on any atom is -0.370 e. The Hall–Kier alpha value is -4.36. The van der Waals surface area contributed by atoms with E-state index in [0.717, 1.165) is 28.4 Å². The van der Waals surface area contributed by atoms with Crippen LogP contribution in [0.4, 0.5) is 15.8 Å². The molecule has 0 fully saturated rings. The van der Waals surface area contributed by atoms with Crippen LogP contribution in [-0.2, 0) is 11.3 Å². The van der Waals surface area contributed by atoms with Crippen molar-refractivity contribution in [2.75, 3.05) is 29.4 Å². The lowest BCUT2D eigenvalue weighted by atomic mass is 10.1. The van der Waals surface area contributed by atoms with Gasteiger partial charge in [0, 0.05) is 41.3 Å². The molecule has 2 amide bonds. The van der Waals surface area contributed by atoms with E-state index in [4.69, 9.17) is 0 Å². The van der Waals surface area contributed by atoms with Gasteiger partial charge in [0.25, 0.3) is 11.8 Å². The number of thioether (sulfide) groups is 1. The van der Waals surface area contributed by atoms with Crippen LogP contribution in [-0.4, -0.2) is 31.4 Å². The van der Waals surface area contributed by atoms with Gasteiger partial charge in [-0.1, -0.05) is 72.4 Å². The number of hydrogen-bond donors (Lipinski definition) is 1. The van der Waals surface area contributed by atoms with Crippen molar-refractivity contribution in [3.05, 3.63) is 131 Å². The standard InChI is InChI=1S/C33H30FN3O2S/c1-2-36(27-11-4-3-5-12-27)21-20-35-32(38)25-18-16-24(17-19-25)22-31-33(39)37(23-26-10-6-7-13-28(26)34)29-14-8-9-15-30(29)40-31/h3-19,22H,2,20-21,23H2,1H3,(H,35,38)/b31-22-. The SMILES string of the molecule is CCN(CCNC(=O)c1ccc(/C=C2\Sc3ccccc3N(Cc3ccccc3F)C2=O)cc1)c1ccccc1. The fraction of sp³-hybridized carbons (Fsp3) is 0.152. The van der Waals surface area contributed by atoms with E-state index in [1.54, 1.807) is 35.2 Å². The second kappa shape index (κ2) is 12.7. The van der Waals surface area contributed by atoms with Crippen LogP contribution >= 0.6 is 11.8 Å². The summed E-state index contributed by atoms with van der Waals surface area (Å²) in [6, 6.07) is 31.5. The molecule has 0 radical (unpaired) electrons. The first-order chi connectivity index (χ1) is 19.5. The molecule has 5 rings (SSSR count). The zero-order valence-electron chi connectivity index (χ0n) is 22.2. The molecule has 1 N–H and O–H groups in total. The van der Waals surface area contributed by atoms with Crippen LogP contribution in [0.2, 0.25) is 0 Å². The smallest absolute Gasteiger partial charge is 0.265 e. The molecule has 1 aliphatic rings. The maximum absolute atomic E-state index is 14.4. The largest absolute Gasteiger partial charge is 0.370 e. The van der Waals surface area contributed by atoms with E-state index in [0.29, 0.717) is 29.1 Å². The number of amides is 2. The van der Waals surface area contributed by atoms with Gasteiger partial charge < -0.3 is 15.1 Å². The number of likely N-dealkylation sites (N-methyl/N-ethyl adjacent to an activating group) is 1. The zero-order valence-corrected chi connectivity index (χ0v) is 23.0. The summed E-state index contributed by atoms with van der Waals surface area (Å²) in [5, 5.41) is 2.99. The Balaban J connectivity index is 1.27. The van der Waals surface area contributed by atoms with Gasteiger partial charge in [-0.25, -0.2) is 4.39 Å². The first-order valence-electron chi connectivity index (χ1n) is 13.3. The number of rotatable bonds is 9. The lowest BCUT2D eigenvalue weighted by Crippen LogP contribution is -2.34. The molecule has 1 heterocycles. The predicted octanol–water partition coefficient (Wildman–Crippen LogP) is 6.76. The highest BCUT2D eigenvalue weighted by molar-refractivity contribution is 8.04. The molecular weight excluding hydrogens is 521 g/mol. The molecule has 0 bridgehead atoms. The Morgan fingerprint density at radius 1 is 0.925 bits per heavy atom. The first-order valence-corrected chi connectivity index (χ1v) is 14.1. The fourth-order valence-electron chi connectivity index (χ4n) is 4.61. The molecule has 1 aliphatic heterocycles. The van der Waals surface area contributed by atoms with Crippen LogP contribution in [0.15, 0.2) is 113 Å². The van der Waals surface area contributed by atoms with Gasteiger partial charge in [-0.05, 0) is 61.0 Å². The van der Waals surface area contributed by atoms with Crippen molar-refractivity contribution < 1.29 is 14.0 Å². The maximum atomic E-state index is 14.4. The fourth-order valence-corrected chi connectivity index (χ4v) is 5.67. The highest BCUT2D eigenvalue weighted by Crippen LogP contribution is 2.42. The minimum atomic E-state index is -0.340. The summed E-state index contributed by atoms with van der Waals surface area (Å²) in [4.78, 5) is 31.6. The van der Waals surface area contributed by atoms with E-state index in [2.05, 4.69) is 29.3 Å². The van der Waals surface area contributed by atoms with Crippen LogP contribution in [0.3, 0.4) is 0 Å². The summed E-state index contributed by atoms with van der Waals surface area (Å²) >= 11 is 1.40. The van der Waals surface area contributed by atoms with Crippen molar-refractivity contribution >= 4 is 41.0 Å². The lowest BCUT2D eigenvalue weighted by Gasteiger charge is -2.30. The third kappa shape index (κ3) is 6.26. The number of nitrogens with zero attached hydrogens (tertiary/aromatic N) is 2. The van der Waals surface area contributed by atoms with Gasteiger partial charge in [0.1, 0.15) is 5.82 Å². The van der Waals surface area contributed by atoms with Crippen LogP contribution in [0, 0.1) is 5.82 Å². The normalized spacial score (nSPS) is 13.7. The molecule has 0 saturated heterocycles. The minimum absolute atomic E-state index is 0.138. The summed E-state index contributed by atoms with van der Waals surface area (Å²) < 4.78 is 14.4. The average molecular weight is 552 g/mol. The molecule has 5 nitrogen and oxygen atoms in total. The van der Waals surface area contributed by atoms with Gasteiger partial charge in [-0.3, -0.25) is 9.59 Å². The highest BCUT2D eigenvalue weighted by atomic mass is 32.2. The summed E-state index contributed by atoms with van der Waals surface area (Å²) in [6.07, 6.45) is 1.82. The third-order valence-electron chi connectivity index (χ3n) is 6.76. The van der Waals surface area contributed by atoms with Crippen molar-refractivity contribution in [2.24, 2.45) is 0 Å². The van der Waals surface area contributed by atoms with Gasteiger partial charge in [0.2, 0.25) is 0 Å². The molecule has 0 spiro atoms. The van der Waals surface area contributed by atoms with Crippen LogP contribution in [0.1, 0.15) is 28.4 Å². The molecule has 0 aliphatic carbocycles. The van der Waals surface area contributed by atoms with Gasteiger partial charge in [0.15, 0.2) is 0 Å². The summed E-state index contributed by atoms with van der Waals surface area (Å²) in [7, 11) is 0. The molecule has 4 aromatic carbocycles. The Labute approximate surface area is 238 Å². The van der Waals surface area contributed by atoms with Gasteiger partial charge in [-0.15, -0.1) is 0 Å². The Bertz CT molecular complexity index is 1520. The number of hydrogen-bond acceptors (Lipinski definition) is 4. The molecule has 7 heteroatoms. The predicted molar refractivity (Wildman–Crippen MR) is 161 cm³/mol. The van der Waals surface area contributed by atoms with E-state index in [1.807, 2.05) is 60.7 Å². The number of carbonyl (C=O) groups is 2. The quantitative estimate of drug-likeness (QED) is 0.234. The number of anilines is 2. The van der Waals surface area contributed by atoms with Crippen LogP contribution < -0.4 is 15.1 Å².